The van der Waals surface area contributed by atoms with Gasteiger partial charge in [-0.3, -0.25) is 0 Å². The van der Waals surface area contributed by atoms with Crippen LogP contribution in [0.4, 0.5) is 5.69 Å². The zero-order valence-electron chi connectivity index (χ0n) is 22.1. The van der Waals surface area contributed by atoms with E-state index in [0.29, 0.717) is 5.56 Å². The standard InChI is InChI=1S/C37H27N3/c38-24-25-11-9-12-26(23-25)39-33-19-5-3-15-29(33)31-17-10-18-32(37(31)39)30-16-4-8-22-36(30)40-34-20-6-1-13-27(34)28-14-2-7-21-35(28)40/h1,5-6,9-14,16-23,31,37H,2-3,7,15H2. The number of nitriles is 1. The summed E-state index contributed by atoms with van der Waals surface area (Å²) in [6.07, 6.45) is 20.5. The number of hydrogen-bond acceptors (Lipinski definition) is 2. The highest BCUT2D eigenvalue weighted by molar-refractivity contribution is 5.89. The molecule has 4 aromatic rings. The quantitative estimate of drug-likeness (QED) is 0.312. The molecule has 0 N–H and O–H groups in total. The van der Waals surface area contributed by atoms with Crippen LogP contribution in [0.2, 0.25) is 0 Å². The normalized spacial score (nSPS) is 20.6. The third-order valence-electron chi connectivity index (χ3n) is 8.77. The molecule has 1 aromatic heterocycles. The van der Waals surface area contributed by atoms with Gasteiger partial charge in [0.05, 0.1) is 28.9 Å². The van der Waals surface area contributed by atoms with Gasteiger partial charge in [0.2, 0.25) is 0 Å². The molecule has 2 atom stereocenters. The Morgan fingerprint density at radius 2 is 1.85 bits per heavy atom. The molecule has 3 nitrogen and oxygen atoms in total. The van der Waals surface area contributed by atoms with Gasteiger partial charge in [0.15, 0.2) is 0 Å². The molecule has 0 fully saturated rings. The zero-order valence-corrected chi connectivity index (χ0v) is 22.1. The van der Waals surface area contributed by atoms with Crippen LogP contribution in [0.25, 0.3) is 34.3 Å². The lowest BCUT2D eigenvalue weighted by Crippen LogP contribution is -2.36. The average molecular weight is 514 g/mol. The monoisotopic (exact) mass is 513 g/mol. The molecule has 3 aliphatic carbocycles. The fourth-order valence-electron chi connectivity index (χ4n) is 7.15. The molecule has 0 amide bonds. The van der Waals surface area contributed by atoms with Gasteiger partial charge in [-0.2, -0.15) is 5.26 Å². The van der Waals surface area contributed by atoms with Gasteiger partial charge >= 0.3 is 0 Å². The van der Waals surface area contributed by atoms with Crippen molar-refractivity contribution in [2.45, 2.75) is 31.7 Å². The molecule has 190 valence electrons. The van der Waals surface area contributed by atoms with E-state index in [0.717, 1.165) is 37.1 Å². The molecule has 0 saturated heterocycles. The number of hydrogen-bond donors (Lipinski definition) is 0. The van der Waals surface area contributed by atoms with Crippen LogP contribution in [-0.2, 0) is 0 Å². The minimum atomic E-state index is 0.0921. The number of anilines is 1. The van der Waals surface area contributed by atoms with Gasteiger partial charge in [-0.05, 0) is 73.2 Å². The second kappa shape index (κ2) is 9.04. The van der Waals surface area contributed by atoms with E-state index in [1.54, 1.807) is 0 Å². The van der Waals surface area contributed by atoms with Crippen LogP contribution in [0, 0.1) is 29.4 Å². The Balaban J connectivity index is 1.36. The van der Waals surface area contributed by atoms with Crippen molar-refractivity contribution in [2.75, 3.05) is 4.90 Å². The van der Waals surface area contributed by atoms with Crippen LogP contribution in [0.1, 0.15) is 36.8 Å². The number of benzene rings is 2. The molecule has 3 heteroatoms. The van der Waals surface area contributed by atoms with Crippen molar-refractivity contribution in [3.63, 3.8) is 0 Å². The van der Waals surface area contributed by atoms with E-state index in [2.05, 4.69) is 113 Å². The van der Waals surface area contributed by atoms with E-state index in [4.69, 9.17) is 0 Å². The molecule has 0 spiro atoms. The maximum atomic E-state index is 9.69. The second-order valence-corrected chi connectivity index (χ2v) is 10.9. The van der Waals surface area contributed by atoms with E-state index in [9.17, 15) is 5.26 Å². The predicted octanol–water partition coefficient (Wildman–Crippen LogP) is 6.52. The summed E-state index contributed by atoms with van der Waals surface area (Å²) in [6, 6.07) is 30.0. The van der Waals surface area contributed by atoms with Crippen molar-refractivity contribution in [2.24, 2.45) is 5.92 Å². The number of nitrogens with zero attached hydrogens (tertiary/aromatic N) is 3. The first-order chi connectivity index (χ1) is 19.8. The summed E-state index contributed by atoms with van der Waals surface area (Å²) >= 11 is 0. The van der Waals surface area contributed by atoms with Crippen LogP contribution in [0.15, 0.2) is 102 Å². The van der Waals surface area contributed by atoms with Crippen molar-refractivity contribution in [1.29, 1.82) is 5.26 Å². The summed E-state index contributed by atoms with van der Waals surface area (Å²) < 4.78 is 2.43. The molecule has 2 unspecified atom stereocenters. The Kier molecular flexibility index (Phi) is 5.19. The summed E-state index contributed by atoms with van der Waals surface area (Å²) in [4.78, 5) is 2.47. The average Bonchev–Trinajstić information content (AvgIpc) is 3.54. The van der Waals surface area contributed by atoms with Gasteiger partial charge in [0.1, 0.15) is 0 Å². The second-order valence-electron chi connectivity index (χ2n) is 10.9. The summed E-state index contributed by atoms with van der Waals surface area (Å²) in [6.45, 7) is 0. The molecule has 0 radical (unpaired) electrons. The lowest BCUT2D eigenvalue weighted by Gasteiger charge is -2.35. The van der Waals surface area contributed by atoms with Crippen LogP contribution in [-0.4, -0.2) is 10.6 Å². The van der Waals surface area contributed by atoms with Crippen molar-refractivity contribution in [1.82, 2.24) is 4.57 Å². The first-order valence-corrected chi connectivity index (χ1v) is 14.1. The van der Waals surface area contributed by atoms with E-state index < -0.39 is 0 Å². The van der Waals surface area contributed by atoms with E-state index in [1.165, 1.54) is 43.9 Å². The number of fused-ring (bicyclic) bond motifs is 5. The maximum absolute atomic E-state index is 9.69. The molecule has 0 bridgehead atoms. The Labute approximate surface area is 234 Å². The topological polar surface area (TPSA) is 32.0 Å². The molecule has 3 aromatic carbocycles. The molecule has 2 heterocycles. The minimum absolute atomic E-state index is 0.0921. The Morgan fingerprint density at radius 1 is 0.950 bits per heavy atom. The first-order valence-electron chi connectivity index (χ1n) is 14.1. The molecular formula is C37H27N3. The van der Waals surface area contributed by atoms with Gasteiger partial charge in [-0.1, -0.05) is 72.9 Å². The fraction of sp³-hybridized carbons (Fsp3) is 0.162. The molecule has 0 saturated carbocycles. The van der Waals surface area contributed by atoms with Gasteiger partial charge < -0.3 is 9.47 Å². The molecular weight excluding hydrogens is 486 g/mol. The highest BCUT2D eigenvalue weighted by Gasteiger charge is 2.43. The number of para-hydroxylation sites is 1. The molecule has 40 heavy (non-hydrogen) atoms. The smallest absolute Gasteiger partial charge is 0.0992 e. The predicted molar refractivity (Wildman–Crippen MR) is 162 cm³/mol. The van der Waals surface area contributed by atoms with Crippen LogP contribution in [0.5, 0.6) is 0 Å². The third kappa shape index (κ3) is 3.32. The lowest BCUT2D eigenvalue weighted by molar-refractivity contribution is 0.671. The van der Waals surface area contributed by atoms with Gasteiger partial charge in [-0.15, -0.1) is 0 Å². The molecule has 1 aliphatic heterocycles. The van der Waals surface area contributed by atoms with E-state index in [-0.39, 0.29) is 12.0 Å². The summed E-state index contributed by atoms with van der Waals surface area (Å²) in [7, 11) is 0. The molecule has 4 aliphatic rings. The first kappa shape index (κ1) is 22.9. The number of aromatic nitrogens is 1. The zero-order chi connectivity index (χ0) is 26.6. The number of allylic oxidation sites excluding steroid dienone is 4. The largest absolute Gasteiger partial charge is 0.333 e. The summed E-state index contributed by atoms with van der Waals surface area (Å²) in [5.74, 6) is 0.276. The SMILES string of the molecule is N#Cc1cccc(N2C3=C(CCC=C3)C3C=CC=C(c4cc#ccc4-n4c5c(c6ccccc64)=CCCC=5)C32)c1. The van der Waals surface area contributed by atoms with E-state index in [1.807, 2.05) is 18.2 Å². The summed E-state index contributed by atoms with van der Waals surface area (Å²) in [5, 5.41) is 13.6. The Morgan fingerprint density at radius 3 is 2.80 bits per heavy atom. The van der Waals surface area contributed by atoms with Crippen molar-refractivity contribution in [3.8, 4) is 11.8 Å². The minimum Gasteiger partial charge on any atom is -0.333 e. The van der Waals surface area contributed by atoms with Crippen molar-refractivity contribution >= 4 is 34.3 Å². The van der Waals surface area contributed by atoms with Crippen molar-refractivity contribution < 1.29 is 0 Å². The van der Waals surface area contributed by atoms with Crippen LogP contribution >= 0.6 is 0 Å². The number of rotatable bonds is 3. The Hall–Kier alpha value is -4.99. The summed E-state index contributed by atoms with van der Waals surface area (Å²) in [5.41, 5.74) is 9.29. The lowest BCUT2D eigenvalue weighted by atomic mass is 9.80. The van der Waals surface area contributed by atoms with E-state index >= 15 is 0 Å². The third-order valence-corrected chi connectivity index (χ3v) is 8.77. The fourth-order valence-corrected chi connectivity index (χ4v) is 7.15. The van der Waals surface area contributed by atoms with Crippen LogP contribution < -0.4 is 15.5 Å². The van der Waals surface area contributed by atoms with Gasteiger partial charge in [-0.25, -0.2) is 0 Å². The van der Waals surface area contributed by atoms with Gasteiger partial charge in [0, 0.05) is 44.9 Å². The highest BCUT2D eigenvalue weighted by atomic mass is 15.2. The Bertz CT molecular complexity index is 1990. The van der Waals surface area contributed by atoms with Crippen molar-refractivity contribution in [3.05, 3.63) is 136 Å². The highest BCUT2D eigenvalue weighted by Crippen LogP contribution is 2.49. The van der Waals surface area contributed by atoms with Crippen LogP contribution in [0.3, 0.4) is 0 Å². The molecule has 8 rings (SSSR count). The van der Waals surface area contributed by atoms with Gasteiger partial charge in [0.25, 0.3) is 0 Å². The maximum Gasteiger partial charge on any atom is 0.0992 e.